The third kappa shape index (κ3) is 4.30. The lowest BCUT2D eigenvalue weighted by Gasteiger charge is -2.11. The minimum atomic E-state index is -0.121. The molecule has 5 nitrogen and oxygen atoms in total. The predicted molar refractivity (Wildman–Crippen MR) is 108 cm³/mol. The second-order valence-corrected chi connectivity index (χ2v) is 6.77. The fourth-order valence-electron chi connectivity index (χ4n) is 2.59. The summed E-state index contributed by atoms with van der Waals surface area (Å²) in [5.41, 5.74) is 2.49. The Bertz CT molecular complexity index is 1030. The molecule has 4 aromatic rings. The van der Waals surface area contributed by atoms with Crippen molar-refractivity contribution in [1.82, 2.24) is 9.97 Å². The van der Waals surface area contributed by atoms with E-state index < -0.39 is 0 Å². The normalized spacial score (nSPS) is 10.7. The molecular formula is C21H17N3O2S. The highest BCUT2D eigenvalue weighted by molar-refractivity contribution is 7.99. The molecule has 2 N–H and O–H groups in total. The van der Waals surface area contributed by atoms with Crippen molar-refractivity contribution in [2.24, 2.45) is 0 Å². The van der Waals surface area contributed by atoms with Gasteiger partial charge in [-0.15, -0.1) is 0 Å². The minimum Gasteiger partial charge on any atom is -0.455 e. The summed E-state index contributed by atoms with van der Waals surface area (Å²) in [5.74, 6) is 1.45. The van der Waals surface area contributed by atoms with Crippen molar-refractivity contribution in [1.29, 1.82) is 0 Å². The van der Waals surface area contributed by atoms with Gasteiger partial charge in [0.15, 0.2) is 10.9 Å². The lowest BCUT2D eigenvalue weighted by molar-refractivity contribution is -0.113. The summed E-state index contributed by atoms with van der Waals surface area (Å²) in [6.07, 6.45) is 0. The molecular weight excluding hydrogens is 358 g/mol. The number of H-pyrrole nitrogens is 1. The Kier molecular flexibility index (Phi) is 5.07. The van der Waals surface area contributed by atoms with Crippen LogP contribution in [0, 0.1) is 0 Å². The highest BCUT2D eigenvalue weighted by Crippen LogP contribution is 2.29. The SMILES string of the molecule is O=C(CSc1nc2ccccc2[nH]1)Nc1ccccc1Oc1ccccc1. The summed E-state index contributed by atoms with van der Waals surface area (Å²) in [6.45, 7) is 0. The maximum absolute atomic E-state index is 12.4. The maximum atomic E-state index is 12.4. The van der Waals surface area contributed by atoms with E-state index in [1.54, 1.807) is 0 Å². The number of rotatable bonds is 6. The van der Waals surface area contributed by atoms with E-state index in [-0.39, 0.29) is 11.7 Å². The molecule has 0 saturated heterocycles. The van der Waals surface area contributed by atoms with Crippen LogP contribution in [0.15, 0.2) is 84.0 Å². The molecule has 0 spiro atoms. The van der Waals surface area contributed by atoms with Crippen LogP contribution in [0.2, 0.25) is 0 Å². The van der Waals surface area contributed by atoms with Crippen LogP contribution in [0.5, 0.6) is 11.5 Å². The molecule has 3 aromatic carbocycles. The number of imidazole rings is 1. The number of hydrogen-bond acceptors (Lipinski definition) is 4. The number of nitrogens with one attached hydrogen (secondary N) is 2. The molecule has 1 aromatic heterocycles. The van der Waals surface area contributed by atoms with Gasteiger partial charge in [-0.25, -0.2) is 4.98 Å². The summed E-state index contributed by atoms with van der Waals surface area (Å²) in [5, 5.41) is 3.63. The molecule has 0 aliphatic heterocycles. The lowest BCUT2D eigenvalue weighted by atomic mass is 10.3. The van der Waals surface area contributed by atoms with Crippen LogP contribution in [0.4, 0.5) is 5.69 Å². The number of carbonyl (C=O) groups is 1. The van der Waals surface area contributed by atoms with Crippen molar-refractivity contribution in [3.63, 3.8) is 0 Å². The Balaban J connectivity index is 1.40. The van der Waals surface area contributed by atoms with Crippen LogP contribution in [0.1, 0.15) is 0 Å². The first-order valence-electron chi connectivity index (χ1n) is 8.47. The minimum absolute atomic E-state index is 0.121. The van der Waals surface area contributed by atoms with E-state index in [1.165, 1.54) is 11.8 Å². The van der Waals surface area contributed by atoms with Crippen LogP contribution < -0.4 is 10.1 Å². The van der Waals surface area contributed by atoms with Gasteiger partial charge in [0.25, 0.3) is 0 Å². The maximum Gasteiger partial charge on any atom is 0.234 e. The van der Waals surface area contributed by atoms with Gasteiger partial charge in [-0.1, -0.05) is 54.2 Å². The van der Waals surface area contributed by atoms with Crippen LogP contribution in [0.25, 0.3) is 11.0 Å². The molecule has 27 heavy (non-hydrogen) atoms. The average molecular weight is 375 g/mol. The molecule has 0 saturated carbocycles. The Hall–Kier alpha value is -3.25. The third-order valence-electron chi connectivity index (χ3n) is 3.84. The first-order chi connectivity index (χ1) is 13.3. The van der Waals surface area contributed by atoms with Crippen molar-refractivity contribution in [2.75, 3.05) is 11.1 Å². The Morgan fingerprint density at radius 1 is 0.963 bits per heavy atom. The number of carbonyl (C=O) groups excluding carboxylic acids is 1. The average Bonchev–Trinajstić information content (AvgIpc) is 3.12. The van der Waals surface area contributed by atoms with E-state index >= 15 is 0 Å². The van der Waals surface area contributed by atoms with Crippen molar-refractivity contribution < 1.29 is 9.53 Å². The molecule has 134 valence electrons. The quantitative estimate of drug-likeness (QED) is 0.461. The zero-order valence-corrected chi connectivity index (χ0v) is 15.2. The number of nitrogens with zero attached hydrogens (tertiary/aromatic N) is 1. The first kappa shape index (κ1) is 17.2. The van der Waals surface area contributed by atoms with E-state index in [1.807, 2.05) is 78.9 Å². The summed E-state index contributed by atoms with van der Waals surface area (Å²) in [7, 11) is 0. The van der Waals surface area contributed by atoms with E-state index in [0.717, 1.165) is 21.9 Å². The molecule has 0 fully saturated rings. The zero-order chi connectivity index (χ0) is 18.5. The standard InChI is InChI=1S/C21H17N3O2S/c25-20(14-27-21-23-16-10-4-5-11-17(16)24-21)22-18-12-6-7-13-19(18)26-15-8-2-1-3-9-15/h1-13H,14H2,(H,22,25)(H,23,24). The topological polar surface area (TPSA) is 67.0 Å². The lowest BCUT2D eigenvalue weighted by Crippen LogP contribution is -2.14. The molecule has 0 unspecified atom stereocenters. The Labute approximate surface area is 160 Å². The summed E-state index contributed by atoms with van der Waals surface area (Å²) in [6, 6.07) is 24.6. The number of aromatic nitrogens is 2. The van der Waals surface area contributed by atoms with Crippen molar-refractivity contribution in [2.45, 2.75) is 5.16 Å². The number of para-hydroxylation sites is 5. The van der Waals surface area contributed by atoms with Gasteiger partial charge in [0, 0.05) is 0 Å². The number of fused-ring (bicyclic) bond motifs is 1. The van der Waals surface area contributed by atoms with Gasteiger partial charge < -0.3 is 15.0 Å². The van der Waals surface area contributed by atoms with Gasteiger partial charge in [0.05, 0.1) is 22.5 Å². The number of anilines is 1. The van der Waals surface area contributed by atoms with Gasteiger partial charge in [-0.3, -0.25) is 4.79 Å². The molecule has 0 aliphatic rings. The van der Waals surface area contributed by atoms with Crippen molar-refractivity contribution >= 4 is 34.4 Å². The van der Waals surface area contributed by atoms with Crippen LogP contribution in [-0.4, -0.2) is 21.6 Å². The monoisotopic (exact) mass is 375 g/mol. The summed E-state index contributed by atoms with van der Waals surface area (Å²) in [4.78, 5) is 20.1. The summed E-state index contributed by atoms with van der Waals surface area (Å²) < 4.78 is 5.87. The fourth-order valence-corrected chi connectivity index (χ4v) is 3.28. The predicted octanol–water partition coefficient (Wildman–Crippen LogP) is 5.09. The molecule has 0 aliphatic carbocycles. The highest BCUT2D eigenvalue weighted by atomic mass is 32.2. The van der Waals surface area contributed by atoms with Crippen LogP contribution in [0.3, 0.4) is 0 Å². The van der Waals surface area contributed by atoms with Gasteiger partial charge in [-0.05, 0) is 36.4 Å². The second kappa shape index (κ2) is 7.97. The third-order valence-corrected chi connectivity index (χ3v) is 4.71. The zero-order valence-electron chi connectivity index (χ0n) is 14.4. The van der Waals surface area contributed by atoms with E-state index in [0.29, 0.717) is 11.4 Å². The molecule has 6 heteroatoms. The number of thioether (sulfide) groups is 1. The van der Waals surface area contributed by atoms with E-state index in [4.69, 9.17) is 4.74 Å². The molecule has 0 radical (unpaired) electrons. The number of benzene rings is 3. The first-order valence-corrected chi connectivity index (χ1v) is 9.46. The molecule has 0 atom stereocenters. The van der Waals surface area contributed by atoms with Crippen molar-refractivity contribution in [3.8, 4) is 11.5 Å². The molecule has 1 amide bonds. The van der Waals surface area contributed by atoms with E-state index in [9.17, 15) is 4.79 Å². The van der Waals surface area contributed by atoms with Gasteiger partial charge in [-0.2, -0.15) is 0 Å². The molecule has 1 heterocycles. The van der Waals surface area contributed by atoms with Crippen LogP contribution in [-0.2, 0) is 4.79 Å². The second-order valence-electron chi connectivity index (χ2n) is 5.81. The van der Waals surface area contributed by atoms with Gasteiger partial charge in [0.1, 0.15) is 5.75 Å². The van der Waals surface area contributed by atoms with E-state index in [2.05, 4.69) is 15.3 Å². The van der Waals surface area contributed by atoms with Crippen LogP contribution >= 0.6 is 11.8 Å². The molecule has 0 bridgehead atoms. The molecule has 4 rings (SSSR count). The van der Waals surface area contributed by atoms with Crippen molar-refractivity contribution in [3.05, 3.63) is 78.9 Å². The van der Waals surface area contributed by atoms with Gasteiger partial charge in [0.2, 0.25) is 5.91 Å². The number of ether oxygens (including phenoxy) is 1. The Morgan fingerprint density at radius 2 is 1.70 bits per heavy atom. The summed E-state index contributed by atoms with van der Waals surface area (Å²) >= 11 is 1.36. The van der Waals surface area contributed by atoms with Gasteiger partial charge >= 0.3 is 0 Å². The fraction of sp³-hybridized carbons (Fsp3) is 0.0476. The smallest absolute Gasteiger partial charge is 0.234 e. The number of aromatic amines is 1. The Morgan fingerprint density at radius 3 is 2.56 bits per heavy atom. The number of amides is 1. The number of hydrogen-bond donors (Lipinski definition) is 2. The largest absolute Gasteiger partial charge is 0.455 e. The highest BCUT2D eigenvalue weighted by Gasteiger charge is 2.10.